The van der Waals surface area contributed by atoms with Gasteiger partial charge in [-0.3, -0.25) is 0 Å². The van der Waals surface area contributed by atoms with E-state index in [-0.39, 0.29) is 11.3 Å². The van der Waals surface area contributed by atoms with Crippen LogP contribution in [0, 0.1) is 0 Å². The van der Waals surface area contributed by atoms with Gasteiger partial charge in [0.1, 0.15) is 11.5 Å². The summed E-state index contributed by atoms with van der Waals surface area (Å²) in [5.74, 6) is 1.87. The molecule has 4 heteroatoms. The molecule has 104 valence electrons. The summed E-state index contributed by atoms with van der Waals surface area (Å²) in [6.07, 6.45) is 0. The summed E-state index contributed by atoms with van der Waals surface area (Å²) >= 11 is 10.2. The Morgan fingerprint density at radius 2 is 2.10 bits per heavy atom. The van der Waals surface area contributed by atoms with Gasteiger partial charge in [0.2, 0.25) is 0 Å². The van der Waals surface area contributed by atoms with Gasteiger partial charge in [-0.2, -0.15) is 0 Å². The van der Waals surface area contributed by atoms with E-state index in [0.717, 1.165) is 27.1 Å². The molecule has 2 nitrogen and oxygen atoms in total. The minimum Gasteiger partial charge on any atom is -0.496 e. The molecular formula is C16H14BrClO2. The van der Waals surface area contributed by atoms with Crippen LogP contribution in [0.4, 0.5) is 0 Å². The van der Waals surface area contributed by atoms with E-state index in [4.69, 9.17) is 21.1 Å². The molecule has 0 amide bonds. The van der Waals surface area contributed by atoms with Crippen LogP contribution in [0.25, 0.3) is 0 Å². The highest BCUT2D eigenvalue weighted by Crippen LogP contribution is 2.46. The third-order valence-electron chi connectivity index (χ3n) is 3.58. The average molecular weight is 354 g/mol. The van der Waals surface area contributed by atoms with E-state index in [2.05, 4.69) is 22.0 Å². The van der Waals surface area contributed by atoms with Gasteiger partial charge in [-0.05, 0) is 24.3 Å². The largest absolute Gasteiger partial charge is 0.496 e. The van der Waals surface area contributed by atoms with Gasteiger partial charge in [0, 0.05) is 21.5 Å². The third-order valence-corrected chi connectivity index (χ3v) is 4.61. The molecule has 1 heterocycles. The number of benzene rings is 2. The highest BCUT2D eigenvalue weighted by molar-refractivity contribution is 9.10. The molecule has 1 aliphatic rings. The first-order valence-corrected chi connectivity index (χ1v) is 7.63. The highest BCUT2D eigenvalue weighted by Gasteiger charge is 2.32. The Kier molecular flexibility index (Phi) is 3.90. The first kappa shape index (κ1) is 13.8. The minimum absolute atomic E-state index is 0.135. The van der Waals surface area contributed by atoms with Crippen LogP contribution in [0.5, 0.6) is 11.5 Å². The second kappa shape index (κ2) is 5.66. The van der Waals surface area contributed by atoms with Crippen LogP contribution in [0.15, 0.2) is 46.9 Å². The number of para-hydroxylation sites is 1. The van der Waals surface area contributed by atoms with Crippen LogP contribution in [0.1, 0.15) is 22.4 Å². The molecule has 2 aromatic rings. The SMILES string of the molecule is COc1ccc(Br)cc1C(Cl)C1COc2ccccc21. The van der Waals surface area contributed by atoms with Crippen LogP contribution in [-0.4, -0.2) is 13.7 Å². The number of hydrogen-bond donors (Lipinski definition) is 0. The van der Waals surface area contributed by atoms with E-state index < -0.39 is 0 Å². The van der Waals surface area contributed by atoms with E-state index >= 15 is 0 Å². The van der Waals surface area contributed by atoms with Gasteiger partial charge >= 0.3 is 0 Å². The number of alkyl halides is 1. The van der Waals surface area contributed by atoms with E-state index in [1.807, 2.05) is 36.4 Å². The van der Waals surface area contributed by atoms with Crippen LogP contribution < -0.4 is 9.47 Å². The zero-order valence-electron chi connectivity index (χ0n) is 11.0. The molecular weight excluding hydrogens is 340 g/mol. The summed E-state index contributed by atoms with van der Waals surface area (Å²) in [6, 6.07) is 13.9. The van der Waals surface area contributed by atoms with Gasteiger partial charge in [-0.1, -0.05) is 34.1 Å². The molecule has 0 saturated heterocycles. The summed E-state index contributed by atoms with van der Waals surface area (Å²) in [5.41, 5.74) is 2.14. The van der Waals surface area contributed by atoms with Crippen LogP contribution >= 0.6 is 27.5 Å². The Labute approximate surface area is 131 Å². The first-order valence-electron chi connectivity index (χ1n) is 6.40. The monoisotopic (exact) mass is 352 g/mol. The standard InChI is InChI=1S/C16H14BrClO2/c1-19-14-7-6-10(17)8-12(14)16(18)13-9-20-15-5-3-2-4-11(13)15/h2-8,13,16H,9H2,1H3. The van der Waals surface area contributed by atoms with Gasteiger partial charge in [0.25, 0.3) is 0 Å². The average Bonchev–Trinajstić information content (AvgIpc) is 2.90. The van der Waals surface area contributed by atoms with Gasteiger partial charge in [0.15, 0.2) is 0 Å². The van der Waals surface area contributed by atoms with Crippen LogP contribution in [-0.2, 0) is 0 Å². The van der Waals surface area contributed by atoms with Crippen molar-refractivity contribution in [1.29, 1.82) is 0 Å². The quantitative estimate of drug-likeness (QED) is 0.730. The van der Waals surface area contributed by atoms with E-state index in [1.165, 1.54) is 0 Å². The molecule has 2 atom stereocenters. The lowest BCUT2D eigenvalue weighted by atomic mass is 9.93. The first-order chi connectivity index (χ1) is 9.70. The number of hydrogen-bond acceptors (Lipinski definition) is 2. The lowest BCUT2D eigenvalue weighted by Crippen LogP contribution is -2.09. The molecule has 2 unspecified atom stereocenters. The molecule has 0 bridgehead atoms. The normalized spacial score (nSPS) is 18.2. The zero-order valence-corrected chi connectivity index (χ0v) is 13.3. The molecule has 3 rings (SSSR count). The molecule has 2 aromatic carbocycles. The number of fused-ring (bicyclic) bond motifs is 1. The van der Waals surface area contributed by atoms with Crippen molar-refractivity contribution in [2.45, 2.75) is 11.3 Å². The van der Waals surface area contributed by atoms with Crippen molar-refractivity contribution < 1.29 is 9.47 Å². The molecule has 0 radical (unpaired) electrons. The number of rotatable bonds is 3. The van der Waals surface area contributed by atoms with Crippen molar-refractivity contribution in [3.63, 3.8) is 0 Å². The Balaban J connectivity index is 1.98. The fraction of sp³-hybridized carbons (Fsp3) is 0.250. The Bertz CT molecular complexity index is 630. The maximum absolute atomic E-state index is 6.72. The van der Waals surface area contributed by atoms with Gasteiger partial charge < -0.3 is 9.47 Å². The summed E-state index contributed by atoms with van der Waals surface area (Å²) in [7, 11) is 1.66. The van der Waals surface area contributed by atoms with Crippen LogP contribution in [0.3, 0.4) is 0 Å². The third kappa shape index (κ3) is 2.40. The maximum Gasteiger partial charge on any atom is 0.123 e. The number of halogens is 2. The summed E-state index contributed by atoms with van der Waals surface area (Å²) < 4.78 is 12.1. The molecule has 20 heavy (non-hydrogen) atoms. The van der Waals surface area contributed by atoms with E-state index in [9.17, 15) is 0 Å². The molecule has 0 aliphatic carbocycles. The van der Waals surface area contributed by atoms with Crippen molar-refractivity contribution in [2.75, 3.05) is 13.7 Å². The predicted molar refractivity (Wildman–Crippen MR) is 84.0 cm³/mol. The van der Waals surface area contributed by atoms with Gasteiger partial charge in [-0.15, -0.1) is 11.6 Å². The topological polar surface area (TPSA) is 18.5 Å². The molecule has 0 aromatic heterocycles. The molecule has 1 aliphatic heterocycles. The Morgan fingerprint density at radius 1 is 1.30 bits per heavy atom. The number of ether oxygens (including phenoxy) is 2. The van der Waals surface area contributed by atoms with Crippen molar-refractivity contribution in [2.24, 2.45) is 0 Å². The summed E-state index contributed by atoms with van der Waals surface area (Å²) in [6.45, 7) is 0.600. The fourth-order valence-corrected chi connectivity index (χ4v) is 3.33. The second-order valence-electron chi connectivity index (χ2n) is 4.74. The number of methoxy groups -OCH3 is 1. The van der Waals surface area contributed by atoms with Crippen molar-refractivity contribution >= 4 is 27.5 Å². The van der Waals surface area contributed by atoms with E-state index in [0.29, 0.717) is 6.61 Å². The highest BCUT2D eigenvalue weighted by atomic mass is 79.9. The van der Waals surface area contributed by atoms with Crippen molar-refractivity contribution in [3.8, 4) is 11.5 Å². The molecule has 0 fully saturated rings. The fourth-order valence-electron chi connectivity index (χ4n) is 2.57. The zero-order chi connectivity index (χ0) is 14.1. The lowest BCUT2D eigenvalue weighted by Gasteiger charge is -2.19. The Hall–Kier alpha value is -1.19. The van der Waals surface area contributed by atoms with Crippen molar-refractivity contribution in [1.82, 2.24) is 0 Å². The molecule has 0 N–H and O–H groups in total. The predicted octanol–water partition coefficient (Wildman–Crippen LogP) is 4.91. The smallest absolute Gasteiger partial charge is 0.123 e. The molecule has 0 spiro atoms. The lowest BCUT2D eigenvalue weighted by molar-refractivity contribution is 0.326. The minimum atomic E-state index is -0.189. The van der Waals surface area contributed by atoms with E-state index in [1.54, 1.807) is 7.11 Å². The maximum atomic E-state index is 6.72. The summed E-state index contributed by atoms with van der Waals surface area (Å²) in [5, 5.41) is -0.189. The molecule has 0 saturated carbocycles. The summed E-state index contributed by atoms with van der Waals surface area (Å²) in [4.78, 5) is 0. The Morgan fingerprint density at radius 3 is 2.90 bits per heavy atom. The van der Waals surface area contributed by atoms with Gasteiger partial charge in [0.05, 0.1) is 19.1 Å². The van der Waals surface area contributed by atoms with Crippen molar-refractivity contribution in [3.05, 3.63) is 58.1 Å². The van der Waals surface area contributed by atoms with Gasteiger partial charge in [-0.25, -0.2) is 0 Å². The van der Waals surface area contributed by atoms with Crippen LogP contribution in [0.2, 0.25) is 0 Å². The second-order valence-corrected chi connectivity index (χ2v) is 6.13.